The Morgan fingerprint density at radius 1 is 1.17 bits per heavy atom. The number of benzene rings is 2. The van der Waals surface area contributed by atoms with Gasteiger partial charge in [0.05, 0.1) is 10.7 Å². The molecule has 0 radical (unpaired) electrons. The molecule has 90 valence electrons. The molecule has 2 aromatic carbocycles. The van der Waals surface area contributed by atoms with Crippen molar-refractivity contribution in [3.8, 4) is 11.5 Å². The highest BCUT2D eigenvalue weighted by Gasteiger charge is 2.09. The molecule has 1 aromatic heterocycles. The number of nitrogen functional groups attached to an aromatic ring is 1. The lowest BCUT2D eigenvalue weighted by Gasteiger charge is -1.99. The Balaban J connectivity index is 2.16. The van der Waals surface area contributed by atoms with Gasteiger partial charge < -0.3 is 10.2 Å². The fourth-order valence-corrected chi connectivity index (χ4v) is 2.00. The molecule has 0 aliphatic heterocycles. The Bertz CT molecular complexity index is 734. The molecule has 18 heavy (non-hydrogen) atoms. The monoisotopic (exact) mass is 258 g/mol. The van der Waals surface area contributed by atoms with Gasteiger partial charge in [0.1, 0.15) is 5.52 Å². The normalized spacial score (nSPS) is 11.0. The van der Waals surface area contributed by atoms with Crippen LogP contribution >= 0.6 is 11.6 Å². The summed E-state index contributed by atoms with van der Waals surface area (Å²) in [5.41, 5.74) is 9.80. The van der Waals surface area contributed by atoms with Crippen molar-refractivity contribution in [2.24, 2.45) is 0 Å². The van der Waals surface area contributed by atoms with E-state index in [9.17, 15) is 0 Å². The first-order chi connectivity index (χ1) is 8.63. The zero-order valence-corrected chi connectivity index (χ0v) is 10.5. The standard InChI is InChI=1S/C14H11ClN2O/c1-8-2-5-12-13(6-8)18-14(17-12)9-3-4-11(16)10(15)7-9/h2-7H,16H2,1H3. The van der Waals surface area contributed by atoms with Crippen molar-refractivity contribution in [1.29, 1.82) is 0 Å². The number of nitrogens with zero attached hydrogens (tertiary/aromatic N) is 1. The summed E-state index contributed by atoms with van der Waals surface area (Å²) >= 11 is 5.99. The first-order valence-corrected chi connectivity index (χ1v) is 5.94. The molecule has 4 heteroatoms. The Morgan fingerprint density at radius 3 is 2.78 bits per heavy atom. The fraction of sp³-hybridized carbons (Fsp3) is 0.0714. The summed E-state index contributed by atoms with van der Waals surface area (Å²) < 4.78 is 5.72. The molecule has 2 N–H and O–H groups in total. The summed E-state index contributed by atoms with van der Waals surface area (Å²) in [6, 6.07) is 11.3. The second-order valence-corrected chi connectivity index (χ2v) is 4.63. The van der Waals surface area contributed by atoms with E-state index in [1.165, 1.54) is 0 Å². The molecule has 0 atom stereocenters. The second kappa shape index (κ2) is 4.03. The molecule has 0 saturated heterocycles. The molecular weight excluding hydrogens is 248 g/mol. The van der Waals surface area contributed by atoms with Gasteiger partial charge in [0.15, 0.2) is 5.58 Å². The van der Waals surface area contributed by atoms with Crippen molar-refractivity contribution in [2.75, 3.05) is 5.73 Å². The van der Waals surface area contributed by atoms with Gasteiger partial charge in [-0.05, 0) is 42.8 Å². The zero-order valence-electron chi connectivity index (χ0n) is 9.77. The topological polar surface area (TPSA) is 52.0 Å². The van der Waals surface area contributed by atoms with Gasteiger partial charge in [-0.25, -0.2) is 4.98 Å². The van der Waals surface area contributed by atoms with Crippen LogP contribution in [0.15, 0.2) is 40.8 Å². The predicted octanol–water partition coefficient (Wildman–Crippen LogP) is 4.04. The summed E-state index contributed by atoms with van der Waals surface area (Å²) in [6.45, 7) is 2.02. The van der Waals surface area contributed by atoms with E-state index in [4.69, 9.17) is 21.8 Å². The van der Waals surface area contributed by atoms with Crippen LogP contribution in [0, 0.1) is 6.92 Å². The Hall–Kier alpha value is -2.00. The van der Waals surface area contributed by atoms with Crippen molar-refractivity contribution >= 4 is 28.4 Å². The highest BCUT2D eigenvalue weighted by molar-refractivity contribution is 6.33. The number of anilines is 1. The SMILES string of the molecule is Cc1ccc2nc(-c3ccc(N)c(Cl)c3)oc2c1. The third kappa shape index (κ3) is 1.83. The van der Waals surface area contributed by atoms with Gasteiger partial charge in [0.2, 0.25) is 5.89 Å². The number of fused-ring (bicyclic) bond motifs is 1. The summed E-state index contributed by atoms with van der Waals surface area (Å²) in [6.07, 6.45) is 0. The van der Waals surface area contributed by atoms with Gasteiger partial charge in [0, 0.05) is 5.56 Å². The predicted molar refractivity (Wildman–Crippen MR) is 73.6 cm³/mol. The van der Waals surface area contributed by atoms with E-state index in [-0.39, 0.29) is 0 Å². The maximum atomic E-state index is 5.99. The van der Waals surface area contributed by atoms with Crippen LogP contribution in [0.3, 0.4) is 0 Å². The summed E-state index contributed by atoms with van der Waals surface area (Å²) in [5, 5.41) is 0.505. The first-order valence-electron chi connectivity index (χ1n) is 5.56. The van der Waals surface area contributed by atoms with Crippen LogP contribution in [0.1, 0.15) is 5.56 Å². The lowest BCUT2D eigenvalue weighted by molar-refractivity contribution is 0.619. The smallest absolute Gasteiger partial charge is 0.227 e. The number of oxazole rings is 1. The van der Waals surface area contributed by atoms with E-state index in [1.54, 1.807) is 12.1 Å². The van der Waals surface area contributed by atoms with Gasteiger partial charge >= 0.3 is 0 Å². The number of hydrogen-bond donors (Lipinski definition) is 1. The van der Waals surface area contributed by atoms with E-state index in [1.807, 2.05) is 31.2 Å². The maximum absolute atomic E-state index is 5.99. The molecule has 0 saturated carbocycles. The molecule has 0 spiro atoms. The van der Waals surface area contributed by atoms with Gasteiger partial charge in [-0.15, -0.1) is 0 Å². The minimum Gasteiger partial charge on any atom is -0.436 e. The number of nitrogens with two attached hydrogens (primary N) is 1. The lowest BCUT2D eigenvalue weighted by Crippen LogP contribution is -1.86. The second-order valence-electron chi connectivity index (χ2n) is 4.23. The molecule has 3 aromatic rings. The molecule has 1 heterocycles. The lowest BCUT2D eigenvalue weighted by atomic mass is 10.2. The summed E-state index contributed by atoms with van der Waals surface area (Å²) in [5.74, 6) is 0.553. The fourth-order valence-electron chi connectivity index (χ4n) is 1.82. The summed E-state index contributed by atoms with van der Waals surface area (Å²) in [4.78, 5) is 4.43. The van der Waals surface area contributed by atoms with Crippen LogP contribution < -0.4 is 5.73 Å². The van der Waals surface area contributed by atoms with Gasteiger partial charge in [-0.3, -0.25) is 0 Å². The van der Waals surface area contributed by atoms with E-state index >= 15 is 0 Å². The highest BCUT2D eigenvalue weighted by atomic mass is 35.5. The molecule has 0 amide bonds. The number of hydrogen-bond acceptors (Lipinski definition) is 3. The van der Waals surface area contributed by atoms with Crippen molar-refractivity contribution in [1.82, 2.24) is 4.98 Å². The van der Waals surface area contributed by atoms with Crippen LogP contribution in [0.5, 0.6) is 0 Å². The van der Waals surface area contributed by atoms with Crippen molar-refractivity contribution < 1.29 is 4.42 Å². The van der Waals surface area contributed by atoms with Crippen molar-refractivity contribution in [3.63, 3.8) is 0 Å². The molecule has 0 aliphatic rings. The number of aromatic nitrogens is 1. The van der Waals surface area contributed by atoms with Gasteiger partial charge in [0.25, 0.3) is 0 Å². The molecule has 0 unspecified atom stereocenters. The summed E-state index contributed by atoms with van der Waals surface area (Å²) in [7, 11) is 0. The number of aryl methyl sites for hydroxylation is 1. The van der Waals surface area contributed by atoms with E-state index in [0.717, 1.165) is 22.2 Å². The zero-order chi connectivity index (χ0) is 12.7. The van der Waals surface area contributed by atoms with Crippen molar-refractivity contribution in [3.05, 3.63) is 47.0 Å². The van der Waals surface area contributed by atoms with E-state index in [0.29, 0.717) is 16.6 Å². The third-order valence-corrected chi connectivity index (χ3v) is 3.12. The molecule has 0 fully saturated rings. The maximum Gasteiger partial charge on any atom is 0.227 e. The van der Waals surface area contributed by atoms with Gasteiger partial charge in [-0.2, -0.15) is 0 Å². The van der Waals surface area contributed by atoms with Crippen molar-refractivity contribution in [2.45, 2.75) is 6.92 Å². The number of rotatable bonds is 1. The van der Waals surface area contributed by atoms with Crippen LogP contribution in [0.2, 0.25) is 5.02 Å². The van der Waals surface area contributed by atoms with E-state index < -0.39 is 0 Å². The van der Waals surface area contributed by atoms with Gasteiger partial charge in [-0.1, -0.05) is 17.7 Å². The molecule has 3 nitrogen and oxygen atoms in total. The third-order valence-electron chi connectivity index (χ3n) is 2.79. The minimum atomic E-state index is 0.505. The van der Waals surface area contributed by atoms with Crippen LogP contribution in [-0.2, 0) is 0 Å². The quantitative estimate of drug-likeness (QED) is 0.670. The Kier molecular flexibility index (Phi) is 2.49. The molecule has 3 rings (SSSR count). The van der Waals surface area contributed by atoms with Crippen LogP contribution in [-0.4, -0.2) is 4.98 Å². The Labute approximate surface area is 109 Å². The van der Waals surface area contributed by atoms with Crippen LogP contribution in [0.4, 0.5) is 5.69 Å². The minimum absolute atomic E-state index is 0.505. The number of halogens is 1. The molecule has 0 bridgehead atoms. The average molecular weight is 259 g/mol. The van der Waals surface area contributed by atoms with Crippen LogP contribution in [0.25, 0.3) is 22.6 Å². The largest absolute Gasteiger partial charge is 0.436 e. The highest BCUT2D eigenvalue weighted by Crippen LogP contribution is 2.29. The Morgan fingerprint density at radius 2 is 2.00 bits per heavy atom. The first kappa shape index (κ1) is 11.1. The average Bonchev–Trinajstić information content (AvgIpc) is 2.75. The van der Waals surface area contributed by atoms with E-state index in [2.05, 4.69) is 4.98 Å². The molecular formula is C14H11ClN2O. The molecule has 0 aliphatic carbocycles.